The molecule has 0 bridgehead atoms. The van der Waals surface area contributed by atoms with Crippen molar-refractivity contribution in [3.63, 3.8) is 0 Å². The van der Waals surface area contributed by atoms with E-state index in [1.165, 1.54) is 4.90 Å². The first-order chi connectivity index (χ1) is 12.4. The van der Waals surface area contributed by atoms with Crippen LogP contribution in [0.1, 0.15) is 39.0 Å². The monoisotopic (exact) mass is 384 g/mol. The van der Waals surface area contributed by atoms with E-state index in [1.807, 2.05) is 12.1 Å². The summed E-state index contributed by atoms with van der Waals surface area (Å²) >= 11 is 0. The predicted molar refractivity (Wildman–Crippen MR) is 91.8 cm³/mol. The minimum absolute atomic E-state index is 0.0359. The summed E-state index contributed by atoms with van der Waals surface area (Å²) in [6.07, 6.45) is 1.59. The molecule has 0 aliphatic carbocycles. The Labute approximate surface area is 154 Å². The summed E-state index contributed by atoms with van der Waals surface area (Å²) in [5, 5.41) is 17.3. The van der Waals surface area contributed by atoms with Gasteiger partial charge in [-0.3, -0.25) is 9.59 Å². The number of sulfonamides is 1. The van der Waals surface area contributed by atoms with Crippen molar-refractivity contribution in [1.29, 1.82) is 10.5 Å². The zero-order valence-corrected chi connectivity index (χ0v) is 15.7. The average Bonchev–Trinajstić information content (AvgIpc) is 3.10. The van der Waals surface area contributed by atoms with Gasteiger partial charge in [0, 0.05) is 19.6 Å². The first-order valence-electron chi connectivity index (χ1n) is 8.55. The summed E-state index contributed by atoms with van der Waals surface area (Å²) in [6, 6.07) is 2.93. The molecule has 1 aliphatic rings. The molecule has 1 aliphatic heterocycles. The van der Waals surface area contributed by atoms with Crippen LogP contribution in [0.25, 0.3) is 0 Å². The van der Waals surface area contributed by atoms with Crippen LogP contribution in [0.5, 0.6) is 0 Å². The molecule has 0 aromatic carbocycles. The Morgan fingerprint density at radius 3 is 2.38 bits per heavy atom. The summed E-state index contributed by atoms with van der Waals surface area (Å²) in [5.74, 6) is -1.29. The molecule has 26 heavy (non-hydrogen) atoms. The van der Waals surface area contributed by atoms with Crippen LogP contribution < -0.4 is 0 Å². The van der Waals surface area contributed by atoms with Crippen molar-refractivity contribution in [3.8, 4) is 12.1 Å². The van der Waals surface area contributed by atoms with Gasteiger partial charge in [0.25, 0.3) is 5.91 Å². The van der Waals surface area contributed by atoms with E-state index < -0.39 is 34.5 Å². The smallest absolute Gasteiger partial charge is 0.324 e. The molecule has 0 radical (unpaired) electrons. The Hall–Kier alpha value is -2.17. The van der Waals surface area contributed by atoms with Crippen LogP contribution >= 0.6 is 0 Å². The van der Waals surface area contributed by atoms with E-state index in [-0.39, 0.29) is 38.2 Å². The van der Waals surface area contributed by atoms with Gasteiger partial charge in [0.2, 0.25) is 10.0 Å². The predicted octanol–water partition coefficient (Wildman–Crippen LogP) is 0.390. The van der Waals surface area contributed by atoms with Crippen molar-refractivity contribution < 1.29 is 22.7 Å². The Bertz CT molecular complexity index is 662. The van der Waals surface area contributed by atoms with Gasteiger partial charge >= 0.3 is 5.97 Å². The van der Waals surface area contributed by atoms with Gasteiger partial charge in [-0.05, 0) is 19.3 Å². The van der Waals surface area contributed by atoms with Gasteiger partial charge in [-0.15, -0.1) is 0 Å². The maximum absolute atomic E-state index is 12.3. The van der Waals surface area contributed by atoms with Gasteiger partial charge in [0.15, 0.2) is 6.61 Å². The van der Waals surface area contributed by atoms with Gasteiger partial charge in [0.05, 0.1) is 30.7 Å². The van der Waals surface area contributed by atoms with Gasteiger partial charge in [0.1, 0.15) is 6.04 Å². The van der Waals surface area contributed by atoms with Crippen molar-refractivity contribution >= 4 is 21.9 Å². The highest BCUT2D eigenvalue weighted by atomic mass is 32.2. The fourth-order valence-corrected chi connectivity index (χ4v) is 4.47. The van der Waals surface area contributed by atoms with Gasteiger partial charge < -0.3 is 9.64 Å². The van der Waals surface area contributed by atoms with Crippen LogP contribution in [0.2, 0.25) is 0 Å². The van der Waals surface area contributed by atoms with E-state index in [2.05, 4.69) is 0 Å². The summed E-state index contributed by atoms with van der Waals surface area (Å²) in [5.41, 5.74) is 0. The van der Waals surface area contributed by atoms with Gasteiger partial charge in [-0.1, -0.05) is 6.92 Å². The molecule has 0 spiro atoms. The Morgan fingerprint density at radius 1 is 1.23 bits per heavy atom. The minimum Gasteiger partial charge on any atom is -0.454 e. The molecule has 1 heterocycles. The molecule has 144 valence electrons. The molecule has 0 saturated carbocycles. The number of rotatable bonds is 10. The second-order valence-electron chi connectivity index (χ2n) is 5.89. The highest BCUT2D eigenvalue weighted by Crippen LogP contribution is 2.23. The number of esters is 1. The number of ether oxygens (including phenoxy) is 1. The zero-order valence-electron chi connectivity index (χ0n) is 14.9. The zero-order chi connectivity index (χ0) is 19.6. The lowest BCUT2D eigenvalue weighted by molar-refractivity contribution is -0.154. The van der Waals surface area contributed by atoms with Crippen molar-refractivity contribution in [1.82, 2.24) is 9.21 Å². The van der Waals surface area contributed by atoms with Crippen molar-refractivity contribution in [2.75, 3.05) is 32.0 Å². The van der Waals surface area contributed by atoms with E-state index in [1.54, 1.807) is 6.92 Å². The standard InChI is InChI=1S/C16H24N4O5S/c1-2-12-26(23,24)20-11-3-6-14(20)16(22)25-13-15(21)19(9-4-7-17)10-5-8-18/h14H,2-6,9-13H2,1H3. The van der Waals surface area contributed by atoms with Crippen LogP contribution in [0, 0.1) is 22.7 Å². The third-order valence-electron chi connectivity index (χ3n) is 3.97. The molecule has 0 aromatic rings. The topological polar surface area (TPSA) is 132 Å². The number of hydrogen-bond donors (Lipinski definition) is 0. The molecule has 1 fully saturated rings. The highest BCUT2D eigenvalue weighted by Gasteiger charge is 2.39. The van der Waals surface area contributed by atoms with Gasteiger partial charge in [-0.2, -0.15) is 14.8 Å². The molecule has 1 amide bonds. The Balaban J connectivity index is 2.64. The molecule has 1 rings (SSSR count). The second kappa shape index (κ2) is 10.7. The quantitative estimate of drug-likeness (QED) is 0.498. The summed E-state index contributed by atoms with van der Waals surface area (Å²) in [7, 11) is -3.52. The lowest BCUT2D eigenvalue weighted by Crippen LogP contribution is -2.43. The first-order valence-corrected chi connectivity index (χ1v) is 10.2. The van der Waals surface area contributed by atoms with E-state index in [0.29, 0.717) is 19.3 Å². The summed E-state index contributed by atoms with van der Waals surface area (Å²) in [4.78, 5) is 25.7. The number of hydrogen-bond acceptors (Lipinski definition) is 7. The Morgan fingerprint density at radius 2 is 1.85 bits per heavy atom. The number of carbonyl (C=O) groups is 2. The van der Waals surface area contributed by atoms with Crippen molar-refractivity contribution in [2.24, 2.45) is 0 Å². The van der Waals surface area contributed by atoms with Crippen LogP contribution in [-0.2, 0) is 24.3 Å². The molecule has 1 saturated heterocycles. The Kier molecular flexibility index (Phi) is 9.03. The van der Waals surface area contributed by atoms with Crippen LogP contribution in [0.4, 0.5) is 0 Å². The molecular weight excluding hydrogens is 360 g/mol. The molecule has 0 N–H and O–H groups in total. The molecule has 1 atom stereocenters. The van der Waals surface area contributed by atoms with E-state index in [9.17, 15) is 18.0 Å². The summed E-state index contributed by atoms with van der Waals surface area (Å²) < 4.78 is 30.6. The number of carbonyl (C=O) groups excluding carboxylic acids is 2. The third-order valence-corrected chi connectivity index (χ3v) is 6.05. The molecule has 0 aromatic heterocycles. The van der Waals surface area contributed by atoms with Crippen LogP contribution in [0.15, 0.2) is 0 Å². The molecule has 10 heteroatoms. The molecule has 1 unspecified atom stereocenters. The fraction of sp³-hybridized carbons (Fsp3) is 0.750. The second-order valence-corrected chi connectivity index (χ2v) is 7.93. The largest absolute Gasteiger partial charge is 0.454 e. The first kappa shape index (κ1) is 21.9. The van der Waals surface area contributed by atoms with E-state index >= 15 is 0 Å². The van der Waals surface area contributed by atoms with E-state index in [0.717, 1.165) is 4.31 Å². The fourth-order valence-electron chi connectivity index (χ4n) is 2.74. The maximum atomic E-state index is 12.3. The number of nitrogens with zero attached hydrogens (tertiary/aromatic N) is 4. The van der Waals surface area contributed by atoms with Crippen molar-refractivity contribution in [2.45, 2.75) is 45.1 Å². The number of nitriles is 2. The SMILES string of the molecule is CCCS(=O)(=O)N1CCCC1C(=O)OCC(=O)N(CCC#N)CCC#N. The lowest BCUT2D eigenvalue weighted by atomic mass is 10.2. The maximum Gasteiger partial charge on any atom is 0.324 e. The number of amides is 1. The third kappa shape index (κ3) is 6.28. The minimum atomic E-state index is -3.52. The lowest BCUT2D eigenvalue weighted by Gasteiger charge is -2.24. The van der Waals surface area contributed by atoms with Crippen LogP contribution in [0.3, 0.4) is 0 Å². The van der Waals surface area contributed by atoms with Crippen molar-refractivity contribution in [3.05, 3.63) is 0 Å². The normalized spacial score (nSPS) is 17.3. The summed E-state index contributed by atoms with van der Waals surface area (Å²) in [6.45, 7) is 1.78. The van der Waals surface area contributed by atoms with E-state index in [4.69, 9.17) is 15.3 Å². The average molecular weight is 384 g/mol. The van der Waals surface area contributed by atoms with Crippen LogP contribution in [-0.4, -0.2) is 67.5 Å². The molecular formula is C16H24N4O5S. The van der Waals surface area contributed by atoms with Gasteiger partial charge in [-0.25, -0.2) is 8.42 Å². The highest BCUT2D eigenvalue weighted by molar-refractivity contribution is 7.89. The molecule has 9 nitrogen and oxygen atoms in total.